The van der Waals surface area contributed by atoms with Crippen LogP contribution in [0.5, 0.6) is 0 Å². The average molecular weight is 415 g/mol. The lowest BCUT2D eigenvalue weighted by atomic mass is 10.1. The zero-order chi connectivity index (χ0) is 21.5. The van der Waals surface area contributed by atoms with Crippen LogP contribution in [-0.2, 0) is 27.2 Å². The molecule has 0 bridgehead atoms. The molecule has 0 saturated heterocycles. The molecule has 0 aliphatic heterocycles. The molecule has 0 unspecified atom stereocenters. The van der Waals surface area contributed by atoms with E-state index >= 15 is 0 Å². The van der Waals surface area contributed by atoms with Gasteiger partial charge in [0, 0.05) is 14.1 Å². The predicted molar refractivity (Wildman–Crippen MR) is 119 cm³/mol. The minimum atomic E-state index is -0.412. The number of nitrogens with one attached hydrogen (secondary N) is 1. The summed E-state index contributed by atoms with van der Waals surface area (Å²) in [7, 11) is 3.10. The van der Waals surface area contributed by atoms with E-state index in [0.29, 0.717) is 30.2 Å². The molecule has 0 spiro atoms. The molecule has 8 nitrogen and oxygen atoms in total. The van der Waals surface area contributed by atoms with Crippen LogP contribution >= 0.6 is 0 Å². The molecular weight excluding hydrogens is 394 g/mol. The van der Waals surface area contributed by atoms with E-state index in [4.69, 9.17) is 4.42 Å². The average Bonchev–Trinajstić information content (AvgIpc) is 3.43. The van der Waals surface area contributed by atoms with Crippen LogP contribution in [0.15, 0.2) is 74.9 Å². The second-order valence-electron chi connectivity index (χ2n) is 7.51. The van der Waals surface area contributed by atoms with Crippen molar-refractivity contribution in [2.75, 3.05) is 5.32 Å². The summed E-state index contributed by atoms with van der Waals surface area (Å²) in [6.07, 6.45) is 1.61. The predicted octanol–water partition coefficient (Wildman–Crippen LogP) is 2.84. The molecular formula is C23H21N5O3. The Morgan fingerprint density at radius 2 is 1.77 bits per heavy atom. The Kier molecular flexibility index (Phi) is 4.47. The lowest BCUT2D eigenvalue weighted by Crippen LogP contribution is -2.37. The van der Waals surface area contributed by atoms with Crippen LogP contribution in [0, 0.1) is 0 Å². The summed E-state index contributed by atoms with van der Waals surface area (Å²) in [5.41, 5.74) is 0.952. The standard InChI is InChI=1S/C23H21N5O3/c1-26-20-19(21(29)27(2)23(26)30)28(22(25-20)24-13-18-8-5-11-31-18)14-15-9-10-16-6-3-4-7-17(16)12-15/h3-12H,13-14H2,1-2H3,(H,24,25). The largest absolute Gasteiger partial charge is 0.467 e. The molecule has 0 aliphatic rings. The number of imidazole rings is 1. The van der Waals surface area contributed by atoms with Crippen LogP contribution in [0.4, 0.5) is 5.95 Å². The van der Waals surface area contributed by atoms with E-state index in [1.807, 2.05) is 34.9 Å². The fraction of sp³-hybridized carbons (Fsp3) is 0.174. The van der Waals surface area contributed by atoms with Gasteiger partial charge in [0.15, 0.2) is 11.2 Å². The lowest BCUT2D eigenvalue weighted by molar-refractivity contribution is 0.517. The van der Waals surface area contributed by atoms with Gasteiger partial charge >= 0.3 is 5.69 Å². The van der Waals surface area contributed by atoms with Crippen LogP contribution in [-0.4, -0.2) is 18.7 Å². The highest BCUT2D eigenvalue weighted by atomic mass is 16.3. The number of rotatable bonds is 5. The van der Waals surface area contributed by atoms with Gasteiger partial charge in [-0.1, -0.05) is 36.4 Å². The summed E-state index contributed by atoms with van der Waals surface area (Å²) in [6, 6.07) is 18.0. The molecule has 0 radical (unpaired) electrons. The number of aryl methyl sites for hydroxylation is 1. The van der Waals surface area contributed by atoms with Gasteiger partial charge in [0.1, 0.15) is 5.76 Å². The molecule has 0 aliphatic carbocycles. The minimum absolute atomic E-state index is 0.343. The van der Waals surface area contributed by atoms with Crippen LogP contribution < -0.4 is 16.6 Å². The van der Waals surface area contributed by atoms with E-state index in [0.717, 1.165) is 26.7 Å². The van der Waals surface area contributed by atoms with E-state index in [1.165, 1.54) is 11.6 Å². The highest BCUT2D eigenvalue weighted by molar-refractivity contribution is 5.83. The van der Waals surface area contributed by atoms with Gasteiger partial charge in [-0.3, -0.25) is 18.5 Å². The van der Waals surface area contributed by atoms with Gasteiger partial charge in [0.25, 0.3) is 5.56 Å². The number of furan rings is 1. The first-order valence-corrected chi connectivity index (χ1v) is 9.93. The Morgan fingerprint density at radius 1 is 0.968 bits per heavy atom. The number of hydrogen-bond donors (Lipinski definition) is 1. The van der Waals surface area contributed by atoms with Crippen molar-refractivity contribution in [3.05, 3.63) is 93.0 Å². The van der Waals surface area contributed by atoms with Crippen molar-refractivity contribution >= 4 is 27.9 Å². The Labute approximate surface area is 177 Å². The van der Waals surface area contributed by atoms with Crippen molar-refractivity contribution < 1.29 is 4.42 Å². The van der Waals surface area contributed by atoms with E-state index in [-0.39, 0.29) is 5.56 Å². The molecule has 5 rings (SSSR count). The summed E-state index contributed by atoms with van der Waals surface area (Å²) < 4.78 is 9.73. The maximum atomic E-state index is 13.0. The van der Waals surface area contributed by atoms with Crippen LogP contribution in [0.3, 0.4) is 0 Å². The molecule has 8 heteroatoms. The Bertz CT molecular complexity index is 1520. The van der Waals surface area contributed by atoms with Gasteiger partial charge in [0.05, 0.1) is 19.4 Å². The third kappa shape index (κ3) is 3.22. The number of anilines is 1. The molecule has 3 aromatic heterocycles. The van der Waals surface area contributed by atoms with E-state index in [1.54, 1.807) is 13.3 Å². The van der Waals surface area contributed by atoms with E-state index in [9.17, 15) is 9.59 Å². The number of hydrogen-bond acceptors (Lipinski definition) is 5. The molecule has 31 heavy (non-hydrogen) atoms. The molecule has 5 aromatic rings. The topological polar surface area (TPSA) is 87.0 Å². The van der Waals surface area contributed by atoms with E-state index in [2.05, 4.69) is 34.6 Å². The maximum absolute atomic E-state index is 13.0. The third-order valence-corrected chi connectivity index (χ3v) is 5.50. The summed E-state index contributed by atoms with van der Waals surface area (Å²) in [4.78, 5) is 30.0. The first kappa shape index (κ1) is 18.9. The van der Waals surface area contributed by atoms with Crippen LogP contribution in [0.25, 0.3) is 21.9 Å². The van der Waals surface area contributed by atoms with Crippen molar-refractivity contribution in [2.24, 2.45) is 14.1 Å². The van der Waals surface area contributed by atoms with Gasteiger partial charge in [-0.2, -0.15) is 4.98 Å². The zero-order valence-electron chi connectivity index (χ0n) is 17.2. The normalized spacial score (nSPS) is 11.4. The van der Waals surface area contributed by atoms with Gasteiger partial charge in [-0.25, -0.2) is 4.79 Å². The van der Waals surface area contributed by atoms with Gasteiger partial charge < -0.3 is 9.73 Å². The van der Waals surface area contributed by atoms with Gasteiger partial charge in [-0.05, 0) is 34.5 Å². The van der Waals surface area contributed by atoms with Gasteiger partial charge in [0.2, 0.25) is 5.95 Å². The summed E-state index contributed by atoms with van der Waals surface area (Å²) in [5.74, 6) is 1.24. The molecule has 156 valence electrons. The molecule has 0 atom stereocenters. The van der Waals surface area contributed by atoms with Crippen LogP contribution in [0.1, 0.15) is 11.3 Å². The maximum Gasteiger partial charge on any atom is 0.332 e. The molecule has 0 saturated carbocycles. The molecule has 0 fully saturated rings. The highest BCUT2D eigenvalue weighted by Crippen LogP contribution is 2.21. The Balaban J connectivity index is 1.66. The van der Waals surface area contributed by atoms with Gasteiger partial charge in [-0.15, -0.1) is 0 Å². The highest BCUT2D eigenvalue weighted by Gasteiger charge is 2.19. The Hall–Kier alpha value is -4.07. The van der Waals surface area contributed by atoms with Crippen LogP contribution in [0.2, 0.25) is 0 Å². The molecule has 3 heterocycles. The second-order valence-corrected chi connectivity index (χ2v) is 7.51. The molecule has 0 amide bonds. The smallest absolute Gasteiger partial charge is 0.332 e. The molecule has 1 N–H and O–H groups in total. The summed E-state index contributed by atoms with van der Waals surface area (Å²) in [6.45, 7) is 0.831. The van der Waals surface area contributed by atoms with E-state index < -0.39 is 5.69 Å². The number of fused-ring (bicyclic) bond motifs is 2. The zero-order valence-corrected chi connectivity index (χ0v) is 17.2. The number of aromatic nitrogens is 4. The van der Waals surface area contributed by atoms with Crippen molar-refractivity contribution in [3.8, 4) is 0 Å². The fourth-order valence-electron chi connectivity index (χ4n) is 3.83. The monoisotopic (exact) mass is 415 g/mol. The Morgan fingerprint density at radius 3 is 2.55 bits per heavy atom. The van der Waals surface area contributed by atoms with Crippen molar-refractivity contribution in [1.29, 1.82) is 0 Å². The molecule has 2 aromatic carbocycles. The number of benzene rings is 2. The van der Waals surface area contributed by atoms with Crippen molar-refractivity contribution in [3.63, 3.8) is 0 Å². The first-order chi connectivity index (χ1) is 15.0. The summed E-state index contributed by atoms with van der Waals surface area (Å²) >= 11 is 0. The summed E-state index contributed by atoms with van der Waals surface area (Å²) in [5, 5.41) is 5.52. The third-order valence-electron chi connectivity index (χ3n) is 5.50. The SMILES string of the molecule is Cn1c(=O)c2c(nc(NCc3ccco3)n2Cc2ccc3ccccc3c2)n(C)c1=O. The number of nitrogens with zero attached hydrogens (tertiary/aromatic N) is 4. The lowest BCUT2D eigenvalue weighted by Gasteiger charge is -2.11. The van der Waals surface area contributed by atoms with Crippen molar-refractivity contribution in [1.82, 2.24) is 18.7 Å². The quantitative estimate of drug-likeness (QED) is 0.477. The van der Waals surface area contributed by atoms with Crippen molar-refractivity contribution in [2.45, 2.75) is 13.1 Å². The second kappa shape index (κ2) is 7.32. The first-order valence-electron chi connectivity index (χ1n) is 9.93. The fourth-order valence-corrected chi connectivity index (χ4v) is 3.83. The minimum Gasteiger partial charge on any atom is -0.467 e.